The largest absolute Gasteiger partial charge is 0.496 e. The smallest absolute Gasteiger partial charge is 0.258 e. The minimum absolute atomic E-state index is 0.0123. The zero-order chi connectivity index (χ0) is 11.7. The lowest BCUT2D eigenvalue weighted by Crippen LogP contribution is -2.30. The first-order chi connectivity index (χ1) is 7.63. The van der Waals surface area contributed by atoms with Crippen molar-refractivity contribution < 1.29 is 13.9 Å². The third kappa shape index (κ3) is 1.99. The predicted octanol–water partition coefficient (Wildman–Crippen LogP) is 0.664. The van der Waals surface area contributed by atoms with E-state index in [0.717, 1.165) is 6.42 Å². The molecule has 86 valence electrons. The van der Waals surface area contributed by atoms with Gasteiger partial charge in [0.15, 0.2) is 0 Å². The van der Waals surface area contributed by atoms with Gasteiger partial charge in [0.25, 0.3) is 5.91 Å². The summed E-state index contributed by atoms with van der Waals surface area (Å²) < 4.78 is 18.4. The van der Waals surface area contributed by atoms with Crippen molar-refractivity contribution in [3.8, 4) is 5.75 Å². The summed E-state index contributed by atoms with van der Waals surface area (Å²) in [5.41, 5.74) is 5.50. The standard InChI is InChI=1S/C11H13FN2O2/c1-16-9-4-2-3-6(12)10(9)11(15)14-8-5-7(8)13/h2-4,7-8H,5,13H2,1H3,(H,14,15). The van der Waals surface area contributed by atoms with Crippen molar-refractivity contribution in [1.29, 1.82) is 0 Å². The Kier molecular flexibility index (Phi) is 2.78. The van der Waals surface area contributed by atoms with Gasteiger partial charge in [0.05, 0.1) is 7.11 Å². The average molecular weight is 224 g/mol. The molecule has 2 rings (SSSR count). The number of nitrogens with one attached hydrogen (secondary N) is 1. The first-order valence-electron chi connectivity index (χ1n) is 5.02. The maximum Gasteiger partial charge on any atom is 0.258 e. The van der Waals surface area contributed by atoms with Gasteiger partial charge in [0.1, 0.15) is 17.1 Å². The summed E-state index contributed by atoms with van der Waals surface area (Å²) in [6, 6.07) is 4.21. The van der Waals surface area contributed by atoms with E-state index in [1.54, 1.807) is 6.07 Å². The summed E-state index contributed by atoms with van der Waals surface area (Å²) in [5.74, 6) is -0.842. The Balaban J connectivity index is 2.21. The molecule has 1 saturated carbocycles. The van der Waals surface area contributed by atoms with Crippen LogP contribution in [0.2, 0.25) is 0 Å². The zero-order valence-corrected chi connectivity index (χ0v) is 8.87. The predicted molar refractivity (Wildman–Crippen MR) is 56.8 cm³/mol. The van der Waals surface area contributed by atoms with Crippen molar-refractivity contribution in [3.05, 3.63) is 29.6 Å². The van der Waals surface area contributed by atoms with Gasteiger partial charge in [-0.3, -0.25) is 4.79 Å². The lowest BCUT2D eigenvalue weighted by atomic mass is 10.1. The fourth-order valence-corrected chi connectivity index (χ4v) is 1.52. The molecule has 0 saturated heterocycles. The summed E-state index contributed by atoms with van der Waals surface area (Å²) in [6.07, 6.45) is 0.739. The average Bonchev–Trinajstić information content (AvgIpc) is 2.93. The molecule has 0 aromatic heterocycles. The highest BCUT2D eigenvalue weighted by Gasteiger charge is 2.35. The van der Waals surface area contributed by atoms with E-state index in [0.29, 0.717) is 0 Å². The molecule has 1 aliphatic carbocycles. The molecular formula is C11H13FN2O2. The second kappa shape index (κ2) is 4.09. The van der Waals surface area contributed by atoms with Gasteiger partial charge in [-0.15, -0.1) is 0 Å². The quantitative estimate of drug-likeness (QED) is 0.792. The molecule has 1 aliphatic rings. The van der Waals surface area contributed by atoms with Gasteiger partial charge in [0.2, 0.25) is 0 Å². The van der Waals surface area contributed by atoms with Crippen molar-refractivity contribution in [1.82, 2.24) is 5.32 Å². The number of amides is 1. The van der Waals surface area contributed by atoms with Gasteiger partial charge in [-0.05, 0) is 18.6 Å². The van der Waals surface area contributed by atoms with Crippen LogP contribution < -0.4 is 15.8 Å². The van der Waals surface area contributed by atoms with Crippen LogP contribution in [0, 0.1) is 5.82 Å². The third-order valence-corrected chi connectivity index (χ3v) is 2.58. The molecule has 0 radical (unpaired) electrons. The van der Waals surface area contributed by atoms with E-state index in [4.69, 9.17) is 10.5 Å². The number of methoxy groups -OCH3 is 1. The van der Waals surface area contributed by atoms with Gasteiger partial charge >= 0.3 is 0 Å². The van der Waals surface area contributed by atoms with Crippen LogP contribution in [-0.2, 0) is 0 Å². The normalized spacial score (nSPS) is 22.7. The number of hydrogen-bond acceptors (Lipinski definition) is 3. The van der Waals surface area contributed by atoms with Crippen molar-refractivity contribution in [2.24, 2.45) is 5.73 Å². The monoisotopic (exact) mass is 224 g/mol. The molecule has 3 N–H and O–H groups in total. The van der Waals surface area contributed by atoms with Gasteiger partial charge in [-0.1, -0.05) is 6.07 Å². The minimum atomic E-state index is -0.592. The Labute approximate surface area is 92.6 Å². The maximum absolute atomic E-state index is 13.5. The number of benzene rings is 1. The molecule has 1 fully saturated rings. The van der Waals surface area contributed by atoms with Crippen LogP contribution in [0.15, 0.2) is 18.2 Å². The number of ether oxygens (including phenoxy) is 1. The molecule has 4 nitrogen and oxygen atoms in total. The van der Waals surface area contributed by atoms with Crippen molar-refractivity contribution >= 4 is 5.91 Å². The van der Waals surface area contributed by atoms with Crippen LogP contribution in [0.5, 0.6) is 5.75 Å². The number of rotatable bonds is 3. The van der Waals surface area contributed by atoms with E-state index >= 15 is 0 Å². The van der Waals surface area contributed by atoms with E-state index in [1.165, 1.54) is 19.2 Å². The van der Waals surface area contributed by atoms with Crippen molar-refractivity contribution in [2.75, 3.05) is 7.11 Å². The van der Waals surface area contributed by atoms with Crippen molar-refractivity contribution in [3.63, 3.8) is 0 Å². The minimum Gasteiger partial charge on any atom is -0.496 e. The highest BCUT2D eigenvalue weighted by Crippen LogP contribution is 2.23. The van der Waals surface area contributed by atoms with Crippen LogP contribution in [0.25, 0.3) is 0 Å². The molecule has 0 bridgehead atoms. The molecule has 1 aromatic carbocycles. The van der Waals surface area contributed by atoms with E-state index < -0.39 is 11.7 Å². The second-order valence-corrected chi connectivity index (χ2v) is 3.80. The first kappa shape index (κ1) is 10.9. The lowest BCUT2D eigenvalue weighted by molar-refractivity contribution is 0.0943. The molecule has 0 spiro atoms. The molecule has 1 amide bonds. The maximum atomic E-state index is 13.5. The topological polar surface area (TPSA) is 64.3 Å². The van der Waals surface area contributed by atoms with Gasteiger partial charge in [0, 0.05) is 12.1 Å². The summed E-state index contributed by atoms with van der Waals surface area (Å²) in [5, 5.41) is 2.65. The Morgan fingerprint density at radius 2 is 2.31 bits per heavy atom. The summed E-state index contributed by atoms with van der Waals surface area (Å²) >= 11 is 0. The van der Waals surface area contributed by atoms with Crippen LogP contribution in [0.3, 0.4) is 0 Å². The summed E-state index contributed by atoms with van der Waals surface area (Å²) in [7, 11) is 1.40. The fourth-order valence-electron chi connectivity index (χ4n) is 1.52. The fraction of sp³-hybridized carbons (Fsp3) is 0.364. The lowest BCUT2D eigenvalue weighted by Gasteiger charge is -2.09. The molecular weight excluding hydrogens is 211 g/mol. The zero-order valence-electron chi connectivity index (χ0n) is 8.87. The number of nitrogens with two attached hydrogens (primary N) is 1. The molecule has 2 atom stereocenters. The molecule has 1 aromatic rings. The first-order valence-corrected chi connectivity index (χ1v) is 5.02. The Morgan fingerprint density at radius 3 is 2.88 bits per heavy atom. The number of carbonyl (C=O) groups excluding carboxylic acids is 1. The van der Waals surface area contributed by atoms with Crippen LogP contribution >= 0.6 is 0 Å². The van der Waals surface area contributed by atoms with E-state index in [9.17, 15) is 9.18 Å². The third-order valence-electron chi connectivity index (χ3n) is 2.58. The van der Waals surface area contributed by atoms with Crippen LogP contribution in [-0.4, -0.2) is 25.1 Å². The van der Waals surface area contributed by atoms with Gasteiger partial charge in [-0.25, -0.2) is 4.39 Å². The SMILES string of the molecule is COc1cccc(F)c1C(=O)NC1CC1N. The Bertz CT molecular complexity index is 422. The number of hydrogen-bond donors (Lipinski definition) is 2. The van der Waals surface area contributed by atoms with Gasteiger partial charge in [-0.2, -0.15) is 0 Å². The van der Waals surface area contributed by atoms with Crippen LogP contribution in [0.4, 0.5) is 4.39 Å². The van der Waals surface area contributed by atoms with Gasteiger partial charge < -0.3 is 15.8 Å². The van der Waals surface area contributed by atoms with Crippen LogP contribution in [0.1, 0.15) is 16.8 Å². The highest BCUT2D eigenvalue weighted by molar-refractivity contribution is 5.97. The molecule has 0 aliphatic heterocycles. The Morgan fingerprint density at radius 1 is 1.62 bits per heavy atom. The molecule has 2 unspecified atom stereocenters. The Hall–Kier alpha value is -1.62. The molecule has 16 heavy (non-hydrogen) atoms. The molecule has 5 heteroatoms. The van der Waals surface area contributed by atoms with E-state index in [2.05, 4.69) is 5.32 Å². The molecule has 0 heterocycles. The highest BCUT2D eigenvalue weighted by atomic mass is 19.1. The summed E-state index contributed by atoms with van der Waals surface area (Å²) in [4.78, 5) is 11.8. The van der Waals surface area contributed by atoms with E-state index in [-0.39, 0.29) is 23.4 Å². The number of carbonyl (C=O) groups is 1. The van der Waals surface area contributed by atoms with Crippen molar-refractivity contribution in [2.45, 2.75) is 18.5 Å². The summed E-state index contributed by atoms with van der Waals surface area (Å²) in [6.45, 7) is 0. The second-order valence-electron chi connectivity index (χ2n) is 3.80. The van der Waals surface area contributed by atoms with E-state index in [1.807, 2.05) is 0 Å². The number of halogens is 1.